The van der Waals surface area contributed by atoms with Crippen molar-refractivity contribution in [2.24, 2.45) is 5.92 Å². The van der Waals surface area contributed by atoms with Gasteiger partial charge in [0.15, 0.2) is 0 Å². The van der Waals surface area contributed by atoms with Crippen LogP contribution in [-0.4, -0.2) is 35.0 Å². The van der Waals surface area contributed by atoms with Crippen LogP contribution < -0.4 is 0 Å². The van der Waals surface area contributed by atoms with Gasteiger partial charge in [-0.05, 0) is 46.0 Å². The van der Waals surface area contributed by atoms with Gasteiger partial charge in [-0.25, -0.2) is 4.79 Å². The smallest absolute Gasteiger partial charge is 0.410 e. The minimum atomic E-state index is -0.485. The summed E-state index contributed by atoms with van der Waals surface area (Å²) < 4.78 is 5.45. The fourth-order valence-electron chi connectivity index (χ4n) is 2.58. The maximum atomic E-state index is 12.2. The number of likely N-dealkylation sites (tertiary alicyclic amines) is 1. The van der Waals surface area contributed by atoms with Crippen molar-refractivity contribution in [3.05, 3.63) is 0 Å². The lowest BCUT2D eigenvalue weighted by atomic mass is 9.95. The van der Waals surface area contributed by atoms with Crippen LogP contribution in [0.5, 0.6) is 0 Å². The molecule has 116 valence electrons. The Morgan fingerprint density at radius 3 is 2.45 bits per heavy atom. The third kappa shape index (κ3) is 5.93. The summed E-state index contributed by atoms with van der Waals surface area (Å²) in [6.07, 6.45) is 3.77. The molecule has 1 atom stereocenters. The topological polar surface area (TPSA) is 46.6 Å². The Kier molecular flexibility index (Phi) is 6.03. The van der Waals surface area contributed by atoms with Gasteiger partial charge in [-0.3, -0.25) is 4.79 Å². The molecular formula is C16H29NO3. The van der Waals surface area contributed by atoms with Gasteiger partial charge in [0.1, 0.15) is 11.4 Å². The Balaban J connectivity index is 2.62. The first kappa shape index (κ1) is 17.0. The van der Waals surface area contributed by atoms with E-state index in [0.29, 0.717) is 25.3 Å². The number of amides is 1. The molecule has 1 saturated heterocycles. The van der Waals surface area contributed by atoms with Crippen LogP contribution in [0.1, 0.15) is 66.7 Å². The van der Waals surface area contributed by atoms with E-state index in [4.69, 9.17) is 4.74 Å². The Hall–Kier alpha value is -1.06. The summed E-state index contributed by atoms with van der Waals surface area (Å²) in [5, 5.41) is 0. The van der Waals surface area contributed by atoms with Gasteiger partial charge in [-0.15, -0.1) is 0 Å². The lowest BCUT2D eigenvalue weighted by Crippen LogP contribution is -2.47. The number of ether oxygens (including phenoxy) is 1. The molecule has 4 nitrogen and oxygen atoms in total. The molecule has 0 aromatic rings. The van der Waals surface area contributed by atoms with E-state index in [1.807, 2.05) is 34.6 Å². The van der Waals surface area contributed by atoms with Gasteiger partial charge in [-0.1, -0.05) is 13.8 Å². The third-order valence-electron chi connectivity index (χ3n) is 3.35. The Bertz CT molecular complexity index is 344. The van der Waals surface area contributed by atoms with E-state index < -0.39 is 5.60 Å². The van der Waals surface area contributed by atoms with Crippen LogP contribution in [-0.2, 0) is 9.53 Å². The summed E-state index contributed by atoms with van der Waals surface area (Å²) >= 11 is 0. The highest BCUT2D eigenvalue weighted by Crippen LogP contribution is 2.23. The summed E-state index contributed by atoms with van der Waals surface area (Å²) in [6.45, 7) is 10.4. The van der Waals surface area contributed by atoms with Crippen molar-refractivity contribution >= 4 is 11.9 Å². The number of nitrogens with zero attached hydrogens (tertiary/aromatic N) is 1. The average Bonchev–Trinajstić information content (AvgIpc) is 2.25. The predicted molar refractivity (Wildman–Crippen MR) is 79.7 cm³/mol. The first-order chi connectivity index (χ1) is 9.19. The fraction of sp³-hybridized carbons (Fsp3) is 0.875. The molecule has 0 aromatic carbocycles. The molecule has 1 rings (SSSR count). The molecule has 4 heteroatoms. The van der Waals surface area contributed by atoms with Crippen LogP contribution in [0.25, 0.3) is 0 Å². The zero-order chi connectivity index (χ0) is 15.3. The van der Waals surface area contributed by atoms with E-state index in [-0.39, 0.29) is 17.9 Å². The predicted octanol–water partition coefficient (Wildman–Crippen LogP) is 3.78. The lowest BCUT2D eigenvalue weighted by molar-refractivity contribution is -0.121. The van der Waals surface area contributed by atoms with Crippen molar-refractivity contribution in [2.75, 3.05) is 6.54 Å². The fourth-order valence-corrected chi connectivity index (χ4v) is 2.58. The second-order valence-corrected chi connectivity index (χ2v) is 7.16. The molecule has 0 spiro atoms. The van der Waals surface area contributed by atoms with Crippen LogP contribution >= 0.6 is 0 Å². The van der Waals surface area contributed by atoms with Gasteiger partial charge in [0.25, 0.3) is 0 Å². The number of carbonyl (C=O) groups excluding carboxylic acids is 2. The maximum Gasteiger partial charge on any atom is 0.410 e. The molecule has 1 fully saturated rings. The van der Waals surface area contributed by atoms with Gasteiger partial charge in [0, 0.05) is 25.4 Å². The second-order valence-electron chi connectivity index (χ2n) is 7.16. The van der Waals surface area contributed by atoms with Crippen LogP contribution in [0.15, 0.2) is 0 Å². The quantitative estimate of drug-likeness (QED) is 0.788. The van der Waals surface area contributed by atoms with Crippen molar-refractivity contribution in [2.45, 2.75) is 78.4 Å². The molecule has 0 bridgehead atoms. The van der Waals surface area contributed by atoms with Gasteiger partial charge < -0.3 is 9.64 Å². The second kappa shape index (κ2) is 7.09. The normalized spacial score (nSPS) is 20.1. The monoisotopic (exact) mass is 283 g/mol. The van der Waals surface area contributed by atoms with E-state index >= 15 is 0 Å². The maximum absolute atomic E-state index is 12.2. The van der Waals surface area contributed by atoms with Crippen molar-refractivity contribution in [1.29, 1.82) is 0 Å². The highest BCUT2D eigenvalue weighted by molar-refractivity contribution is 5.80. The number of hydrogen-bond donors (Lipinski definition) is 0. The van der Waals surface area contributed by atoms with E-state index in [1.54, 1.807) is 4.90 Å². The largest absolute Gasteiger partial charge is 0.444 e. The van der Waals surface area contributed by atoms with Crippen molar-refractivity contribution in [1.82, 2.24) is 4.90 Å². The van der Waals surface area contributed by atoms with Gasteiger partial charge in [0.2, 0.25) is 0 Å². The molecule has 0 aliphatic carbocycles. The lowest BCUT2D eigenvalue weighted by Gasteiger charge is -2.36. The molecule has 1 aliphatic rings. The number of ketones is 1. The number of hydrogen-bond acceptors (Lipinski definition) is 3. The van der Waals surface area contributed by atoms with Gasteiger partial charge in [0.05, 0.1) is 0 Å². The average molecular weight is 283 g/mol. The molecule has 0 radical (unpaired) electrons. The summed E-state index contributed by atoms with van der Waals surface area (Å²) in [6, 6.07) is 0.0184. The van der Waals surface area contributed by atoms with E-state index in [9.17, 15) is 9.59 Å². The highest BCUT2D eigenvalue weighted by Gasteiger charge is 2.31. The summed E-state index contributed by atoms with van der Waals surface area (Å²) in [5.74, 6) is 0.626. The van der Waals surface area contributed by atoms with E-state index in [2.05, 4.69) is 0 Å². The molecule has 0 aromatic heterocycles. The number of carbonyl (C=O) groups is 2. The minimum Gasteiger partial charge on any atom is -0.444 e. The molecule has 1 heterocycles. The Labute approximate surface area is 122 Å². The summed E-state index contributed by atoms with van der Waals surface area (Å²) in [7, 11) is 0. The van der Waals surface area contributed by atoms with Crippen molar-refractivity contribution in [3.63, 3.8) is 0 Å². The van der Waals surface area contributed by atoms with Gasteiger partial charge in [-0.2, -0.15) is 0 Å². The number of Topliss-reactive ketones (excluding diaryl/α,β-unsaturated/α-hetero) is 1. The summed E-state index contributed by atoms with van der Waals surface area (Å²) in [4.78, 5) is 26.0. The first-order valence-electron chi connectivity index (χ1n) is 7.70. The SMILES string of the molecule is CC(C)CC(=O)C[C@@H]1CCCCN1C(=O)OC(C)(C)C. The molecule has 0 unspecified atom stereocenters. The summed E-state index contributed by atoms with van der Waals surface area (Å²) in [5.41, 5.74) is -0.485. The highest BCUT2D eigenvalue weighted by atomic mass is 16.6. The van der Waals surface area contributed by atoms with Crippen LogP contribution in [0.4, 0.5) is 4.79 Å². The Morgan fingerprint density at radius 1 is 1.25 bits per heavy atom. The third-order valence-corrected chi connectivity index (χ3v) is 3.35. The molecule has 1 amide bonds. The number of piperidine rings is 1. The van der Waals surface area contributed by atoms with E-state index in [1.165, 1.54) is 0 Å². The molecular weight excluding hydrogens is 254 g/mol. The minimum absolute atomic E-state index is 0.0184. The van der Waals surface area contributed by atoms with Crippen LogP contribution in [0.2, 0.25) is 0 Å². The van der Waals surface area contributed by atoms with Gasteiger partial charge >= 0.3 is 6.09 Å². The zero-order valence-corrected chi connectivity index (χ0v) is 13.6. The van der Waals surface area contributed by atoms with Crippen molar-refractivity contribution < 1.29 is 14.3 Å². The van der Waals surface area contributed by atoms with Crippen molar-refractivity contribution in [3.8, 4) is 0 Å². The van der Waals surface area contributed by atoms with Crippen LogP contribution in [0, 0.1) is 5.92 Å². The number of rotatable bonds is 4. The molecule has 20 heavy (non-hydrogen) atoms. The van der Waals surface area contributed by atoms with Crippen LogP contribution in [0.3, 0.4) is 0 Å². The first-order valence-corrected chi connectivity index (χ1v) is 7.70. The standard InChI is InChI=1S/C16H29NO3/c1-12(2)10-14(18)11-13-8-6-7-9-17(13)15(19)20-16(3,4)5/h12-13H,6-11H2,1-5H3/t13-/m0/s1. The molecule has 0 saturated carbocycles. The van der Waals surface area contributed by atoms with E-state index in [0.717, 1.165) is 19.3 Å². The Morgan fingerprint density at radius 2 is 1.90 bits per heavy atom. The molecule has 1 aliphatic heterocycles. The molecule has 0 N–H and O–H groups in total. The zero-order valence-electron chi connectivity index (χ0n) is 13.6.